The van der Waals surface area contributed by atoms with E-state index in [1.54, 1.807) is 0 Å². The lowest BCUT2D eigenvalue weighted by Crippen LogP contribution is -2.05. The van der Waals surface area contributed by atoms with Crippen molar-refractivity contribution in [3.8, 4) is 50.5 Å². The molecule has 6 rings (SSSR count). The van der Waals surface area contributed by atoms with Gasteiger partial charge in [-0.15, -0.1) is 0 Å². The zero-order valence-corrected chi connectivity index (χ0v) is 22.3. The van der Waals surface area contributed by atoms with E-state index in [4.69, 9.17) is 4.98 Å². The van der Waals surface area contributed by atoms with Crippen LogP contribution < -0.4 is 0 Å². The maximum atomic E-state index is 5.14. The van der Waals surface area contributed by atoms with Crippen molar-refractivity contribution in [2.24, 2.45) is 0 Å². The molecule has 0 atom stereocenters. The van der Waals surface area contributed by atoms with Crippen LogP contribution in [0.25, 0.3) is 56.5 Å². The van der Waals surface area contributed by atoms with Crippen molar-refractivity contribution in [2.45, 2.75) is 13.8 Å². The Labute approximate surface area is 230 Å². The molecule has 0 radical (unpaired) electrons. The lowest BCUT2D eigenvalue weighted by Gasteiger charge is -2.22. The second-order valence-corrected chi connectivity index (χ2v) is 9.63. The van der Waals surface area contributed by atoms with Crippen LogP contribution in [-0.4, -0.2) is 9.55 Å². The third-order valence-corrected chi connectivity index (χ3v) is 7.06. The molecule has 0 unspecified atom stereocenters. The fourth-order valence-electron chi connectivity index (χ4n) is 5.25. The number of imidazole rings is 1. The van der Waals surface area contributed by atoms with E-state index in [0.29, 0.717) is 0 Å². The summed E-state index contributed by atoms with van der Waals surface area (Å²) in [6, 6.07) is 47.2. The van der Waals surface area contributed by atoms with Gasteiger partial charge in [0.25, 0.3) is 0 Å². The van der Waals surface area contributed by atoms with Gasteiger partial charge in [-0.25, -0.2) is 4.98 Å². The van der Waals surface area contributed by atoms with Crippen molar-refractivity contribution < 1.29 is 0 Å². The molecule has 0 amide bonds. The van der Waals surface area contributed by atoms with Gasteiger partial charge in [0.2, 0.25) is 0 Å². The number of benzene rings is 5. The summed E-state index contributed by atoms with van der Waals surface area (Å²) in [5, 5.41) is 0. The van der Waals surface area contributed by atoms with Gasteiger partial charge in [-0.3, -0.25) is 4.57 Å². The van der Waals surface area contributed by atoms with E-state index in [-0.39, 0.29) is 0 Å². The first kappa shape index (κ1) is 24.4. The van der Waals surface area contributed by atoms with E-state index >= 15 is 0 Å². The lowest BCUT2D eigenvalue weighted by atomic mass is 9.90. The number of rotatable bonds is 6. The first-order chi connectivity index (χ1) is 19.2. The first-order valence-electron chi connectivity index (χ1n) is 13.4. The molecule has 0 aliphatic carbocycles. The van der Waals surface area contributed by atoms with E-state index in [2.05, 4.69) is 164 Å². The molecule has 0 spiro atoms. The van der Waals surface area contributed by atoms with Crippen LogP contribution in [0.3, 0.4) is 0 Å². The molecular formula is C37H30N2. The molecule has 0 aliphatic heterocycles. The number of hydrogen-bond acceptors (Lipinski definition) is 1. The Morgan fingerprint density at radius 1 is 0.538 bits per heavy atom. The predicted octanol–water partition coefficient (Wildman–Crippen LogP) is 9.88. The zero-order valence-electron chi connectivity index (χ0n) is 22.3. The Balaban J connectivity index is 1.79. The molecule has 5 aromatic carbocycles. The summed E-state index contributed by atoms with van der Waals surface area (Å²) in [5.41, 5.74) is 11.3. The van der Waals surface area contributed by atoms with Gasteiger partial charge in [0.15, 0.2) is 0 Å². The topological polar surface area (TPSA) is 17.8 Å². The summed E-state index contributed by atoms with van der Waals surface area (Å²) in [6.07, 6.45) is 4.27. The standard InChI is InChI=1S/C37H30N2/c1-3-16-35-27(2)38-37(31-23-14-7-15-24-31)39(35)36-33(29-19-10-5-11-20-29)25-32(28-17-8-4-9-18-28)26-34(36)30-21-12-6-13-22-30/h3-26H,1-2H3/b16-3-. The molecular weight excluding hydrogens is 472 g/mol. The van der Waals surface area contributed by atoms with Crippen molar-refractivity contribution in [1.82, 2.24) is 9.55 Å². The summed E-state index contributed by atoms with van der Waals surface area (Å²) in [7, 11) is 0. The number of aromatic nitrogens is 2. The van der Waals surface area contributed by atoms with Crippen LogP contribution in [-0.2, 0) is 0 Å². The van der Waals surface area contributed by atoms with Gasteiger partial charge in [-0.05, 0) is 54.3 Å². The van der Waals surface area contributed by atoms with Crippen molar-refractivity contribution >= 4 is 6.08 Å². The minimum absolute atomic E-state index is 0.933. The van der Waals surface area contributed by atoms with Crippen LogP contribution in [0, 0.1) is 6.92 Å². The van der Waals surface area contributed by atoms with Crippen LogP contribution in [0.15, 0.2) is 140 Å². The highest BCUT2D eigenvalue weighted by Crippen LogP contribution is 2.42. The van der Waals surface area contributed by atoms with Crippen LogP contribution in [0.4, 0.5) is 0 Å². The smallest absolute Gasteiger partial charge is 0.145 e. The molecule has 0 N–H and O–H groups in total. The summed E-state index contributed by atoms with van der Waals surface area (Å²) in [5.74, 6) is 0.933. The Morgan fingerprint density at radius 3 is 1.44 bits per heavy atom. The van der Waals surface area contributed by atoms with E-state index in [1.165, 1.54) is 22.3 Å². The largest absolute Gasteiger partial charge is 0.291 e. The first-order valence-corrected chi connectivity index (χ1v) is 13.4. The molecule has 0 fully saturated rings. The Hall–Kier alpha value is -4.95. The van der Waals surface area contributed by atoms with Crippen LogP contribution >= 0.6 is 0 Å². The lowest BCUT2D eigenvalue weighted by molar-refractivity contribution is 1.06. The molecule has 2 nitrogen and oxygen atoms in total. The third kappa shape index (κ3) is 4.73. The number of aryl methyl sites for hydroxylation is 1. The average molecular weight is 503 g/mol. The van der Waals surface area contributed by atoms with Crippen molar-refractivity contribution in [2.75, 3.05) is 0 Å². The van der Waals surface area contributed by atoms with E-state index in [9.17, 15) is 0 Å². The zero-order chi connectivity index (χ0) is 26.6. The number of hydrogen-bond donors (Lipinski definition) is 0. The van der Waals surface area contributed by atoms with Gasteiger partial charge in [0, 0.05) is 16.7 Å². The molecule has 1 aromatic heterocycles. The number of nitrogens with zero attached hydrogens (tertiary/aromatic N) is 2. The highest BCUT2D eigenvalue weighted by Gasteiger charge is 2.23. The summed E-state index contributed by atoms with van der Waals surface area (Å²) in [6.45, 7) is 4.16. The quantitative estimate of drug-likeness (QED) is 0.222. The fraction of sp³-hybridized carbons (Fsp3) is 0.0541. The molecule has 2 heteroatoms. The molecule has 1 heterocycles. The summed E-state index contributed by atoms with van der Waals surface area (Å²) < 4.78 is 2.35. The molecule has 0 bridgehead atoms. The molecule has 0 saturated heterocycles. The van der Waals surface area contributed by atoms with Gasteiger partial charge < -0.3 is 0 Å². The Morgan fingerprint density at radius 2 is 0.974 bits per heavy atom. The molecule has 188 valence electrons. The van der Waals surface area contributed by atoms with Crippen molar-refractivity contribution in [3.05, 3.63) is 151 Å². The maximum absolute atomic E-state index is 5.14. The SMILES string of the molecule is C/C=C\c1c(C)nc(-c2ccccc2)n1-c1c(-c2ccccc2)cc(-c2ccccc2)cc1-c1ccccc1. The van der Waals surface area contributed by atoms with Crippen molar-refractivity contribution in [3.63, 3.8) is 0 Å². The molecule has 0 aliphatic rings. The van der Waals surface area contributed by atoms with Crippen LogP contribution in [0.2, 0.25) is 0 Å². The molecule has 6 aromatic rings. The second-order valence-electron chi connectivity index (χ2n) is 9.63. The highest BCUT2D eigenvalue weighted by molar-refractivity contribution is 5.92. The average Bonchev–Trinajstić information content (AvgIpc) is 3.33. The monoisotopic (exact) mass is 502 g/mol. The van der Waals surface area contributed by atoms with Gasteiger partial charge in [-0.1, -0.05) is 127 Å². The Bertz CT molecular complexity index is 1670. The third-order valence-electron chi connectivity index (χ3n) is 7.06. The predicted molar refractivity (Wildman–Crippen MR) is 165 cm³/mol. The van der Waals surface area contributed by atoms with Gasteiger partial charge in [0.05, 0.1) is 17.1 Å². The van der Waals surface area contributed by atoms with E-state index in [1.807, 2.05) is 0 Å². The second kappa shape index (κ2) is 10.8. The van der Waals surface area contributed by atoms with Gasteiger partial charge in [-0.2, -0.15) is 0 Å². The fourth-order valence-corrected chi connectivity index (χ4v) is 5.25. The van der Waals surface area contributed by atoms with Crippen LogP contribution in [0.5, 0.6) is 0 Å². The van der Waals surface area contributed by atoms with Crippen LogP contribution in [0.1, 0.15) is 18.3 Å². The van der Waals surface area contributed by atoms with E-state index < -0.39 is 0 Å². The van der Waals surface area contributed by atoms with Gasteiger partial charge in [0.1, 0.15) is 5.82 Å². The number of allylic oxidation sites excluding steroid dienone is 1. The van der Waals surface area contributed by atoms with E-state index in [0.717, 1.165) is 39.6 Å². The Kier molecular flexibility index (Phi) is 6.76. The normalized spacial score (nSPS) is 11.2. The molecule has 0 saturated carbocycles. The van der Waals surface area contributed by atoms with Crippen molar-refractivity contribution in [1.29, 1.82) is 0 Å². The highest BCUT2D eigenvalue weighted by atomic mass is 15.1. The summed E-state index contributed by atoms with van der Waals surface area (Å²) in [4.78, 5) is 5.14. The minimum Gasteiger partial charge on any atom is -0.291 e. The minimum atomic E-state index is 0.933. The maximum Gasteiger partial charge on any atom is 0.145 e. The van der Waals surface area contributed by atoms with Gasteiger partial charge >= 0.3 is 0 Å². The molecule has 39 heavy (non-hydrogen) atoms. The summed E-state index contributed by atoms with van der Waals surface area (Å²) >= 11 is 0.